The normalized spacial score (nSPS) is 14.7. The van der Waals surface area contributed by atoms with Crippen LogP contribution in [0.4, 0.5) is 5.69 Å². The van der Waals surface area contributed by atoms with Gasteiger partial charge in [-0.3, -0.25) is 18.9 Å². The Labute approximate surface area is 151 Å². The largest absolute Gasteiger partial charge is 0.379 e. The van der Waals surface area contributed by atoms with E-state index in [4.69, 9.17) is 4.74 Å². The fourth-order valence-corrected chi connectivity index (χ4v) is 2.88. The van der Waals surface area contributed by atoms with Crippen LogP contribution in [0.3, 0.4) is 0 Å². The van der Waals surface area contributed by atoms with Gasteiger partial charge in [-0.05, 0) is 18.2 Å². The SMILES string of the molecule is N#Cc1cc(NCC(=O)NCCN2CCOCC2)c(=O)n2ccccc12. The third kappa shape index (κ3) is 4.20. The van der Waals surface area contributed by atoms with Crippen LogP contribution in [0.25, 0.3) is 5.52 Å². The number of nitrogens with one attached hydrogen (secondary N) is 2. The van der Waals surface area contributed by atoms with Gasteiger partial charge in [0.2, 0.25) is 5.91 Å². The number of carbonyl (C=O) groups excluding carboxylic acids is 1. The summed E-state index contributed by atoms with van der Waals surface area (Å²) >= 11 is 0. The molecule has 1 saturated heterocycles. The lowest BCUT2D eigenvalue weighted by Gasteiger charge is -2.26. The average Bonchev–Trinajstić information content (AvgIpc) is 2.68. The van der Waals surface area contributed by atoms with Gasteiger partial charge in [-0.1, -0.05) is 6.07 Å². The van der Waals surface area contributed by atoms with Gasteiger partial charge in [-0.2, -0.15) is 5.26 Å². The molecular formula is C18H21N5O3. The molecule has 1 fully saturated rings. The zero-order chi connectivity index (χ0) is 18.4. The van der Waals surface area contributed by atoms with Crippen LogP contribution in [0.15, 0.2) is 35.3 Å². The van der Waals surface area contributed by atoms with Crippen LogP contribution in [-0.2, 0) is 9.53 Å². The van der Waals surface area contributed by atoms with Crippen LogP contribution in [0.5, 0.6) is 0 Å². The third-order valence-corrected chi connectivity index (χ3v) is 4.29. The van der Waals surface area contributed by atoms with Gasteiger partial charge in [-0.25, -0.2) is 0 Å². The van der Waals surface area contributed by atoms with Crippen molar-refractivity contribution in [2.24, 2.45) is 0 Å². The number of rotatable bonds is 6. The minimum Gasteiger partial charge on any atom is -0.379 e. The fourth-order valence-electron chi connectivity index (χ4n) is 2.88. The second-order valence-electron chi connectivity index (χ2n) is 6.00. The van der Waals surface area contributed by atoms with Gasteiger partial charge in [-0.15, -0.1) is 0 Å². The number of nitrogens with zero attached hydrogens (tertiary/aromatic N) is 3. The Kier molecular flexibility index (Phi) is 5.84. The lowest BCUT2D eigenvalue weighted by molar-refractivity contribution is -0.119. The molecule has 1 aliphatic heterocycles. The molecule has 3 heterocycles. The molecular weight excluding hydrogens is 334 g/mol. The van der Waals surface area contributed by atoms with E-state index in [-0.39, 0.29) is 23.7 Å². The van der Waals surface area contributed by atoms with Gasteiger partial charge in [0, 0.05) is 32.4 Å². The van der Waals surface area contributed by atoms with E-state index in [2.05, 4.69) is 21.6 Å². The molecule has 2 aromatic heterocycles. The predicted molar refractivity (Wildman–Crippen MR) is 97.1 cm³/mol. The fraction of sp³-hybridized carbons (Fsp3) is 0.389. The van der Waals surface area contributed by atoms with Crippen molar-refractivity contribution in [3.05, 3.63) is 46.4 Å². The Balaban J connectivity index is 1.57. The van der Waals surface area contributed by atoms with Crippen molar-refractivity contribution in [1.29, 1.82) is 5.26 Å². The number of pyridine rings is 2. The molecule has 0 saturated carbocycles. The molecule has 0 bridgehead atoms. The molecule has 2 N–H and O–H groups in total. The van der Waals surface area contributed by atoms with E-state index in [1.165, 1.54) is 10.5 Å². The Morgan fingerprint density at radius 1 is 1.31 bits per heavy atom. The maximum atomic E-state index is 12.5. The number of nitriles is 1. The highest BCUT2D eigenvalue weighted by atomic mass is 16.5. The van der Waals surface area contributed by atoms with Crippen LogP contribution < -0.4 is 16.2 Å². The highest BCUT2D eigenvalue weighted by Gasteiger charge is 2.12. The summed E-state index contributed by atoms with van der Waals surface area (Å²) in [6.45, 7) is 4.48. The zero-order valence-corrected chi connectivity index (χ0v) is 14.4. The van der Waals surface area contributed by atoms with E-state index < -0.39 is 0 Å². The smallest absolute Gasteiger partial charge is 0.278 e. The quantitative estimate of drug-likeness (QED) is 0.759. The molecule has 0 aromatic carbocycles. The Bertz CT molecular complexity index is 881. The van der Waals surface area contributed by atoms with E-state index in [1.807, 2.05) is 0 Å². The number of carbonyl (C=O) groups is 1. The Morgan fingerprint density at radius 3 is 2.88 bits per heavy atom. The Morgan fingerprint density at radius 2 is 2.12 bits per heavy atom. The number of hydrogen-bond donors (Lipinski definition) is 2. The maximum absolute atomic E-state index is 12.5. The molecule has 136 valence electrons. The van der Waals surface area contributed by atoms with Crippen molar-refractivity contribution in [3.63, 3.8) is 0 Å². The van der Waals surface area contributed by atoms with Crippen molar-refractivity contribution in [2.75, 3.05) is 51.3 Å². The molecule has 1 aliphatic rings. The van der Waals surface area contributed by atoms with Crippen LogP contribution in [-0.4, -0.2) is 61.1 Å². The molecule has 8 heteroatoms. The average molecular weight is 355 g/mol. The lowest BCUT2D eigenvalue weighted by Crippen LogP contribution is -2.42. The van der Waals surface area contributed by atoms with E-state index in [0.29, 0.717) is 17.6 Å². The number of ether oxygens (including phenoxy) is 1. The Hall–Kier alpha value is -2.89. The second kappa shape index (κ2) is 8.47. The number of amides is 1. The molecule has 26 heavy (non-hydrogen) atoms. The summed E-state index contributed by atoms with van der Waals surface area (Å²) in [5.74, 6) is -0.200. The van der Waals surface area contributed by atoms with Crippen LogP contribution in [0.1, 0.15) is 5.56 Å². The molecule has 2 aromatic rings. The molecule has 0 radical (unpaired) electrons. The number of aromatic nitrogens is 1. The summed E-state index contributed by atoms with van der Waals surface area (Å²) in [6, 6.07) is 8.76. The molecule has 1 amide bonds. The summed E-state index contributed by atoms with van der Waals surface area (Å²) in [6.07, 6.45) is 1.60. The van der Waals surface area contributed by atoms with E-state index in [9.17, 15) is 14.9 Å². The number of fused-ring (bicyclic) bond motifs is 1. The lowest BCUT2D eigenvalue weighted by atomic mass is 10.2. The van der Waals surface area contributed by atoms with Gasteiger partial charge in [0.25, 0.3) is 5.56 Å². The second-order valence-corrected chi connectivity index (χ2v) is 6.00. The summed E-state index contributed by atoms with van der Waals surface area (Å²) in [7, 11) is 0. The molecule has 3 rings (SSSR count). The van der Waals surface area contributed by atoms with Gasteiger partial charge in [0.15, 0.2) is 0 Å². The van der Waals surface area contributed by atoms with Crippen LogP contribution in [0, 0.1) is 11.3 Å². The minimum atomic E-state index is -0.291. The van der Waals surface area contributed by atoms with Crippen LogP contribution >= 0.6 is 0 Å². The summed E-state index contributed by atoms with van der Waals surface area (Å²) in [4.78, 5) is 26.7. The van der Waals surface area contributed by atoms with Gasteiger partial charge in [0.1, 0.15) is 11.8 Å². The first-order valence-corrected chi connectivity index (χ1v) is 8.54. The first kappa shape index (κ1) is 17.9. The molecule has 0 atom stereocenters. The third-order valence-electron chi connectivity index (χ3n) is 4.29. The molecule has 0 aliphatic carbocycles. The van der Waals surface area contributed by atoms with Crippen molar-refractivity contribution in [2.45, 2.75) is 0 Å². The summed E-state index contributed by atoms with van der Waals surface area (Å²) in [5.41, 5.74) is 0.857. The standard InChI is InChI=1S/C18H21N5O3/c19-12-14-11-15(18(25)23-5-2-1-3-16(14)23)21-13-17(24)20-4-6-22-7-9-26-10-8-22/h1-3,5,11,21H,4,6-10,13H2,(H,20,24). The molecule has 0 unspecified atom stereocenters. The summed E-state index contributed by atoms with van der Waals surface area (Å²) in [5, 5.41) is 14.9. The first-order chi connectivity index (χ1) is 12.7. The van der Waals surface area contributed by atoms with Gasteiger partial charge >= 0.3 is 0 Å². The first-order valence-electron chi connectivity index (χ1n) is 8.54. The minimum absolute atomic E-state index is 0.0257. The van der Waals surface area contributed by atoms with Crippen LogP contribution in [0.2, 0.25) is 0 Å². The van der Waals surface area contributed by atoms with Crippen molar-refractivity contribution < 1.29 is 9.53 Å². The monoisotopic (exact) mass is 355 g/mol. The van der Waals surface area contributed by atoms with Gasteiger partial charge in [0.05, 0.1) is 30.8 Å². The highest BCUT2D eigenvalue weighted by Crippen LogP contribution is 2.12. The van der Waals surface area contributed by atoms with Crippen molar-refractivity contribution in [3.8, 4) is 6.07 Å². The van der Waals surface area contributed by atoms with Crippen molar-refractivity contribution >= 4 is 17.1 Å². The number of morpholine rings is 1. The van der Waals surface area contributed by atoms with E-state index >= 15 is 0 Å². The number of anilines is 1. The van der Waals surface area contributed by atoms with E-state index in [1.54, 1.807) is 24.4 Å². The zero-order valence-electron chi connectivity index (χ0n) is 14.4. The number of hydrogen-bond acceptors (Lipinski definition) is 6. The summed E-state index contributed by atoms with van der Waals surface area (Å²) < 4.78 is 6.68. The maximum Gasteiger partial charge on any atom is 0.278 e. The van der Waals surface area contributed by atoms with Crippen molar-refractivity contribution in [1.82, 2.24) is 14.6 Å². The predicted octanol–water partition coefficient (Wildman–Crippen LogP) is 0.0315. The van der Waals surface area contributed by atoms with Gasteiger partial charge < -0.3 is 15.4 Å². The molecule has 0 spiro atoms. The molecule has 8 nitrogen and oxygen atoms in total. The topological polar surface area (TPSA) is 98.9 Å². The van der Waals surface area contributed by atoms with E-state index in [0.717, 1.165) is 32.8 Å². The highest BCUT2D eigenvalue weighted by molar-refractivity contribution is 5.81.